The normalized spacial score (nSPS) is 10.1. The average Bonchev–Trinajstić information content (AvgIpc) is 2.32. The van der Waals surface area contributed by atoms with Gasteiger partial charge in [-0.25, -0.2) is 0 Å². The third-order valence-corrected chi connectivity index (χ3v) is 3.43. The van der Waals surface area contributed by atoms with Crippen molar-refractivity contribution < 1.29 is 4.79 Å². The molecule has 92 valence electrons. The Bertz CT molecular complexity index is 572. The zero-order valence-corrected chi connectivity index (χ0v) is 12.5. The summed E-state index contributed by atoms with van der Waals surface area (Å²) in [6, 6.07) is 9.45. The molecule has 0 aliphatic carbocycles. The summed E-state index contributed by atoms with van der Waals surface area (Å²) in [4.78, 5) is 15.8. The summed E-state index contributed by atoms with van der Waals surface area (Å²) >= 11 is 6.72. The summed E-state index contributed by atoms with van der Waals surface area (Å²) in [5.41, 5.74) is 1.69. The van der Waals surface area contributed by atoms with Crippen molar-refractivity contribution in [3.05, 3.63) is 57.2 Å². The van der Waals surface area contributed by atoms with Gasteiger partial charge < -0.3 is 5.32 Å². The van der Waals surface area contributed by atoms with E-state index in [9.17, 15) is 4.79 Å². The summed E-state index contributed by atoms with van der Waals surface area (Å²) in [7, 11) is 0. The molecule has 0 radical (unpaired) electrons. The van der Waals surface area contributed by atoms with Crippen LogP contribution in [0, 0.1) is 0 Å². The number of benzene rings is 1. The van der Waals surface area contributed by atoms with E-state index in [2.05, 4.69) is 42.2 Å². The molecule has 0 saturated heterocycles. The maximum absolute atomic E-state index is 11.9. The van der Waals surface area contributed by atoms with Gasteiger partial charge in [0, 0.05) is 16.9 Å². The molecule has 0 aliphatic rings. The van der Waals surface area contributed by atoms with Gasteiger partial charge in [0.05, 0.1) is 16.6 Å². The van der Waals surface area contributed by atoms with Crippen molar-refractivity contribution in [2.75, 3.05) is 5.32 Å². The van der Waals surface area contributed by atoms with Gasteiger partial charge in [0.15, 0.2) is 0 Å². The molecule has 2 aromatic rings. The van der Waals surface area contributed by atoms with E-state index in [-0.39, 0.29) is 5.91 Å². The van der Waals surface area contributed by atoms with E-state index in [1.54, 1.807) is 18.5 Å². The smallest absolute Gasteiger partial charge is 0.228 e. The molecular formula is C13H10Br2N2O. The van der Waals surface area contributed by atoms with Crippen molar-refractivity contribution in [3.63, 3.8) is 0 Å². The van der Waals surface area contributed by atoms with Crippen LogP contribution in [0.15, 0.2) is 51.7 Å². The lowest BCUT2D eigenvalue weighted by atomic mass is 10.1. The highest BCUT2D eigenvalue weighted by molar-refractivity contribution is 9.10. The Balaban J connectivity index is 2.03. The van der Waals surface area contributed by atoms with Crippen molar-refractivity contribution in [2.45, 2.75) is 6.42 Å². The van der Waals surface area contributed by atoms with Gasteiger partial charge in [-0.15, -0.1) is 0 Å². The summed E-state index contributed by atoms with van der Waals surface area (Å²) in [5.74, 6) is -0.0556. The van der Waals surface area contributed by atoms with Gasteiger partial charge in [0.25, 0.3) is 0 Å². The Morgan fingerprint density at radius 3 is 2.83 bits per heavy atom. The lowest BCUT2D eigenvalue weighted by Crippen LogP contribution is -2.14. The number of carbonyl (C=O) groups excluding carboxylic acids is 1. The van der Waals surface area contributed by atoms with E-state index >= 15 is 0 Å². The predicted octanol–water partition coefficient (Wildman–Crippen LogP) is 3.79. The Hall–Kier alpha value is -1.20. The second kappa shape index (κ2) is 6.11. The lowest BCUT2D eigenvalue weighted by molar-refractivity contribution is -0.115. The molecule has 18 heavy (non-hydrogen) atoms. The number of anilines is 1. The highest BCUT2D eigenvalue weighted by atomic mass is 79.9. The van der Waals surface area contributed by atoms with Gasteiger partial charge in [-0.2, -0.15) is 0 Å². The molecule has 0 saturated carbocycles. The predicted molar refractivity (Wildman–Crippen MR) is 78.4 cm³/mol. The van der Waals surface area contributed by atoms with Gasteiger partial charge in [-0.3, -0.25) is 9.78 Å². The van der Waals surface area contributed by atoms with Gasteiger partial charge >= 0.3 is 0 Å². The molecule has 1 aromatic carbocycles. The highest BCUT2D eigenvalue weighted by Gasteiger charge is 2.06. The van der Waals surface area contributed by atoms with Crippen LogP contribution in [0.25, 0.3) is 0 Å². The Labute approximate surface area is 122 Å². The van der Waals surface area contributed by atoms with E-state index in [1.165, 1.54) is 0 Å². The minimum absolute atomic E-state index is 0.0556. The van der Waals surface area contributed by atoms with Gasteiger partial charge in [-0.05, 0) is 39.7 Å². The molecule has 0 aliphatic heterocycles. The van der Waals surface area contributed by atoms with Crippen molar-refractivity contribution in [2.24, 2.45) is 0 Å². The van der Waals surface area contributed by atoms with Crippen molar-refractivity contribution >= 4 is 43.5 Å². The molecule has 1 aromatic heterocycles. The number of nitrogens with zero attached hydrogens (tertiary/aromatic N) is 1. The lowest BCUT2D eigenvalue weighted by Gasteiger charge is -2.07. The van der Waals surface area contributed by atoms with Crippen LogP contribution in [0.4, 0.5) is 5.69 Å². The maximum Gasteiger partial charge on any atom is 0.228 e. The van der Waals surface area contributed by atoms with E-state index in [1.807, 2.05) is 24.3 Å². The van der Waals surface area contributed by atoms with E-state index in [4.69, 9.17) is 0 Å². The van der Waals surface area contributed by atoms with Crippen LogP contribution in [-0.2, 0) is 11.2 Å². The number of hydrogen-bond acceptors (Lipinski definition) is 2. The number of aromatic nitrogens is 1. The Morgan fingerprint density at radius 2 is 2.11 bits per heavy atom. The molecule has 3 nitrogen and oxygen atoms in total. The largest absolute Gasteiger partial charge is 0.325 e. The molecule has 0 atom stereocenters. The molecule has 5 heteroatoms. The van der Waals surface area contributed by atoms with Crippen LogP contribution in [0.1, 0.15) is 5.56 Å². The second-order valence-electron chi connectivity index (χ2n) is 3.71. The first-order chi connectivity index (χ1) is 8.65. The van der Waals surface area contributed by atoms with Gasteiger partial charge in [0.2, 0.25) is 5.91 Å². The minimum Gasteiger partial charge on any atom is -0.325 e. The van der Waals surface area contributed by atoms with Crippen LogP contribution in [0.2, 0.25) is 0 Å². The first-order valence-electron chi connectivity index (χ1n) is 5.29. The third-order valence-electron chi connectivity index (χ3n) is 2.30. The fraction of sp³-hybridized carbons (Fsp3) is 0.0769. The van der Waals surface area contributed by atoms with Gasteiger partial charge in [-0.1, -0.05) is 28.1 Å². The molecule has 2 rings (SSSR count). The van der Waals surface area contributed by atoms with Crippen molar-refractivity contribution in [1.82, 2.24) is 4.98 Å². The van der Waals surface area contributed by atoms with Crippen molar-refractivity contribution in [3.8, 4) is 0 Å². The fourth-order valence-electron chi connectivity index (χ4n) is 1.50. The SMILES string of the molecule is O=C(Cc1cccc(Br)c1)Nc1ccncc1Br. The van der Waals surface area contributed by atoms with Crippen LogP contribution >= 0.6 is 31.9 Å². The maximum atomic E-state index is 11.9. The number of pyridine rings is 1. The van der Waals surface area contributed by atoms with Crippen LogP contribution in [0.5, 0.6) is 0 Å². The van der Waals surface area contributed by atoms with E-state index in [0.29, 0.717) is 6.42 Å². The van der Waals surface area contributed by atoms with Gasteiger partial charge in [0.1, 0.15) is 0 Å². The minimum atomic E-state index is -0.0556. The topological polar surface area (TPSA) is 42.0 Å². The van der Waals surface area contributed by atoms with Crippen molar-refractivity contribution in [1.29, 1.82) is 0 Å². The van der Waals surface area contributed by atoms with Crippen LogP contribution < -0.4 is 5.32 Å². The zero-order valence-electron chi connectivity index (χ0n) is 9.36. The standard InChI is InChI=1S/C13H10Br2N2O/c14-10-3-1-2-9(6-10)7-13(18)17-12-4-5-16-8-11(12)15/h1-6,8H,7H2,(H,16,17,18). The Morgan fingerprint density at radius 1 is 1.28 bits per heavy atom. The molecule has 1 amide bonds. The average molecular weight is 370 g/mol. The number of rotatable bonds is 3. The summed E-state index contributed by atoms with van der Waals surface area (Å²) in [6.45, 7) is 0. The highest BCUT2D eigenvalue weighted by Crippen LogP contribution is 2.20. The summed E-state index contributed by atoms with van der Waals surface area (Å²) < 4.78 is 1.74. The molecule has 1 N–H and O–H groups in total. The Kier molecular flexibility index (Phi) is 4.49. The monoisotopic (exact) mass is 368 g/mol. The second-order valence-corrected chi connectivity index (χ2v) is 5.48. The van der Waals surface area contributed by atoms with E-state index in [0.717, 1.165) is 20.2 Å². The first kappa shape index (κ1) is 13.2. The molecule has 0 fully saturated rings. The quantitative estimate of drug-likeness (QED) is 0.894. The third kappa shape index (κ3) is 3.65. The fourth-order valence-corrected chi connectivity index (χ4v) is 2.30. The molecule has 1 heterocycles. The number of halogens is 2. The number of hydrogen-bond donors (Lipinski definition) is 1. The zero-order chi connectivity index (χ0) is 13.0. The summed E-state index contributed by atoms with van der Waals surface area (Å²) in [6.07, 6.45) is 3.63. The van der Waals surface area contributed by atoms with Crippen LogP contribution in [-0.4, -0.2) is 10.9 Å². The summed E-state index contributed by atoms with van der Waals surface area (Å²) in [5, 5.41) is 2.84. The first-order valence-corrected chi connectivity index (χ1v) is 6.87. The molecule has 0 spiro atoms. The number of nitrogens with one attached hydrogen (secondary N) is 1. The van der Waals surface area contributed by atoms with Crippen LogP contribution in [0.3, 0.4) is 0 Å². The molecule has 0 bridgehead atoms. The number of amides is 1. The van der Waals surface area contributed by atoms with E-state index < -0.39 is 0 Å². The molecular weight excluding hydrogens is 360 g/mol. The number of carbonyl (C=O) groups is 1. The molecule has 0 unspecified atom stereocenters.